The van der Waals surface area contributed by atoms with Crippen LogP contribution in [0.3, 0.4) is 0 Å². The Morgan fingerprint density at radius 1 is 1.24 bits per heavy atom. The number of hydrogen-bond donors (Lipinski definition) is 2. The van der Waals surface area contributed by atoms with Crippen LogP contribution in [0.25, 0.3) is 0 Å². The molecule has 212 valence electrons. The van der Waals surface area contributed by atoms with E-state index in [1.807, 2.05) is 0 Å². The number of carbonyl (C=O) groups is 3. The largest absolute Gasteiger partial charge is 0.462 e. The Morgan fingerprint density at radius 3 is 2.58 bits per heavy atom. The Morgan fingerprint density at radius 2 is 1.95 bits per heavy atom. The molecule has 0 aromatic heterocycles. The second-order valence-electron chi connectivity index (χ2n) is 9.07. The van der Waals surface area contributed by atoms with Crippen molar-refractivity contribution >= 4 is 26.2 Å². The van der Waals surface area contributed by atoms with Gasteiger partial charge in [0.25, 0.3) is 0 Å². The molecular formula is C24H36N3O10P. The summed E-state index contributed by atoms with van der Waals surface area (Å²) in [5.41, 5.74) is -0.847. The van der Waals surface area contributed by atoms with Crippen molar-refractivity contribution in [1.82, 2.24) is 15.3 Å². The summed E-state index contributed by atoms with van der Waals surface area (Å²) in [7, 11) is -2.71. The van der Waals surface area contributed by atoms with E-state index >= 15 is 0 Å². The molecule has 38 heavy (non-hydrogen) atoms. The van der Waals surface area contributed by atoms with Gasteiger partial charge in [0.15, 0.2) is 11.5 Å². The molecule has 0 bridgehead atoms. The van der Waals surface area contributed by atoms with E-state index in [0.29, 0.717) is 17.9 Å². The van der Waals surface area contributed by atoms with Crippen LogP contribution in [0.2, 0.25) is 0 Å². The maximum Gasteiger partial charge on any atom is 0.459 e. The summed E-state index contributed by atoms with van der Waals surface area (Å²) in [5.74, 6) is 0.419. The predicted molar refractivity (Wildman–Crippen MR) is 137 cm³/mol. The summed E-state index contributed by atoms with van der Waals surface area (Å²) in [4.78, 5) is 36.6. The molecule has 1 heterocycles. The van der Waals surface area contributed by atoms with E-state index in [4.69, 9.17) is 28.0 Å². The normalized spacial score (nSPS) is 15.1. The molecule has 2 unspecified atom stereocenters. The molecule has 1 aliphatic rings. The van der Waals surface area contributed by atoms with Crippen molar-refractivity contribution in [2.24, 2.45) is 0 Å². The zero-order chi connectivity index (χ0) is 28.3. The number of imide groups is 1. The average molecular weight is 558 g/mol. The SMILES string of the molecule is C/C=C\N(C(=O)NC=O)C(C)(C)CC(COP(=O)(NCC(=O)OC(C)C)Oc1ccc2c(c1)OCO2)OC. The number of allylic oxidation sites excluding steroid dienone is 1. The molecule has 0 aliphatic carbocycles. The molecule has 14 heteroatoms. The van der Waals surface area contributed by atoms with E-state index in [1.54, 1.807) is 46.8 Å². The molecule has 1 aromatic carbocycles. The molecule has 2 atom stereocenters. The first-order chi connectivity index (χ1) is 17.9. The number of carbonyl (C=O) groups excluding carboxylic acids is 3. The number of esters is 1. The van der Waals surface area contributed by atoms with E-state index < -0.39 is 37.9 Å². The highest BCUT2D eigenvalue weighted by atomic mass is 31.2. The lowest BCUT2D eigenvalue weighted by molar-refractivity contribution is -0.146. The highest BCUT2D eigenvalue weighted by Crippen LogP contribution is 2.47. The van der Waals surface area contributed by atoms with Gasteiger partial charge in [-0.1, -0.05) is 6.08 Å². The van der Waals surface area contributed by atoms with E-state index in [2.05, 4.69) is 10.4 Å². The van der Waals surface area contributed by atoms with Crippen molar-refractivity contribution in [2.75, 3.05) is 27.1 Å². The van der Waals surface area contributed by atoms with Gasteiger partial charge in [-0.25, -0.2) is 14.4 Å². The standard InChI is InChI=1S/C24H36N3O10P/c1-7-10-27(23(30)25-15-28)24(4,5)12-19(32-6)14-35-38(31,26-13-22(29)36-17(2)3)37-18-8-9-20-21(11-18)34-16-33-20/h7-11,15,17,19H,12-14,16H2,1-6H3,(H,26,31)(H,25,28,30)/b10-7-. The Kier molecular flexibility index (Phi) is 11.6. The lowest BCUT2D eigenvalue weighted by atomic mass is 9.95. The molecule has 0 saturated heterocycles. The summed E-state index contributed by atoms with van der Waals surface area (Å²) < 4.78 is 46.2. The van der Waals surface area contributed by atoms with Crippen molar-refractivity contribution < 1.29 is 46.9 Å². The molecule has 13 nitrogen and oxygen atoms in total. The maximum absolute atomic E-state index is 13.7. The third-order valence-corrected chi connectivity index (χ3v) is 6.68. The van der Waals surface area contributed by atoms with Gasteiger partial charge in [-0.2, -0.15) is 0 Å². The van der Waals surface area contributed by atoms with E-state index in [9.17, 15) is 18.9 Å². The number of nitrogens with one attached hydrogen (secondary N) is 2. The maximum atomic E-state index is 13.7. The summed E-state index contributed by atoms with van der Waals surface area (Å²) in [6.45, 7) is 8.03. The van der Waals surface area contributed by atoms with Crippen LogP contribution in [-0.2, 0) is 28.2 Å². The predicted octanol–water partition coefficient (Wildman–Crippen LogP) is 3.35. The molecule has 2 N–H and O–H groups in total. The lowest BCUT2D eigenvalue weighted by Gasteiger charge is -2.38. The number of fused-ring (bicyclic) bond motifs is 1. The van der Waals surface area contributed by atoms with Gasteiger partial charge in [0, 0.05) is 24.9 Å². The third kappa shape index (κ3) is 9.32. The quantitative estimate of drug-likeness (QED) is 0.186. The van der Waals surface area contributed by atoms with Gasteiger partial charge in [0.05, 0.1) is 18.8 Å². The first-order valence-corrected chi connectivity index (χ1v) is 13.4. The Hall–Kier alpha value is -3.12. The summed E-state index contributed by atoms with van der Waals surface area (Å²) in [6.07, 6.45) is 2.67. The second kappa shape index (κ2) is 14.1. The molecule has 3 amide bonds. The number of amides is 3. The molecule has 2 rings (SSSR count). The van der Waals surface area contributed by atoms with Gasteiger partial charge >= 0.3 is 19.7 Å². The number of urea groups is 1. The Labute approximate surface area is 222 Å². The summed E-state index contributed by atoms with van der Waals surface area (Å²) in [6, 6.07) is 3.98. The smallest absolute Gasteiger partial charge is 0.459 e. The molecular weight excluding hydrogens is 521 g/mol. The monoisotopic (exact) mass is 557 g/mol. The molecule has 0 spiro atoms. The van der Waals surface area contributed by atoms with Gasteiger partial charge < -0.3 is 23.5 Å². The van der Waals surface area contributed by atoms with Crippen LogP contribution >= 0.6 is 7.75 Å². The zero-order valence-electron chi connectivity index (χ0n) is 22.4. The molecule has 1 aromatic rings. The van der Waals surface area contributed by atoms with E-state index in [1.165, 1.54) is 30.3 Å². The van der Waals surface area contributed by atoms with Crippen molar-refractivity contribution in [1.29, 1.82) is 0 Å². The van der Waals surface area contributed by atoms with Gasteiger partial charge in [-0.15, -0.1) is 0 Å². The van der Waals surface area contributed by atoms with Gasteiger partial charge in [-0.3, -0.25) is 24.3 Å². The highest BCUT2D eigenvalue weighted by Gasteiger charge is 2.35. The van der Waals surface area contributed by atoms with Crippen LogP contribution < -0.4 is 24.4 Å². The summed E-state index contributed by atoms with van der Waals surface area (Å²) >= 11 is 0. The van der Waals surface area contributed by atoms with Crippen LogP contribution in [-0.4, -0.2) is 68.1 Å². The van der Waals surface area contributed by atoms with Crippen molar-refractivity contribution in [2.45, 2.75) is 58.8 Å². The second-order valence-corrected chi connectivity index (χ2v) is 10.8. The van der Waals surface area contributed by atoms with Crippen molar-refractivity contribution in [3.8, 4) is 17.2 Å². The van der Waals surface area contributed by atoms with Crippen molar-refractivity contribution in [3.05, 3.63) is 30.5 Å². The topological polar surface area (TPSA) is 151 Å². The van der Waals surface area contributed by atoms with E-state index in [-0.39, 0.29) is 31.7 Å². The zero-order valence-corrected chi connectivity index (χ0v) is 23.3. The molecule has 0 fully saturated rings. The fraction of sp³-hybridized carbons (Fsp3) is 0.542. The molecule has 0 saturated carbocycles. The van der Waals surface area contributed by atoms with Crippen LogP contribution in [0, 0.1) is 0 Å². The Bertz CT molecular complexity index is 1050. The lowest BCUT2D eigenvalue weighted by Crippen LogP contribution is -2.50. The van der Waals surface area contributed by atoms with Crippen LogP contribution in [0.1, 0.15) is 41.0 Å². The third-order valence-electron chi connectivity index (χ3n) is 5.20. The summed E-state index contributed by atoms with van der Waals surface area (Å²) in [5, 5.41) is 4.64. The van der Waals surface area contributed by atoms with Crippen LogP contribution in [0.4, 0.5) is 4.79 Å². The fourth-order valence-corrected chi connectivity index (χ4v) is 4.79. The number of hydrogen-bond acceptors (Lipinski definition) is 10. The van der Waals surface area contributed by atoms with Gasteiger partial charge in [-0.05, 0) is 53.2 Å². The average Bonchev–Trinajstić information content (AvgIpc) is 3.31. The minimum Gasteiger partial charge on any atom is -0.462 e. The van der Waals surface area contributed by atoms with Crippen molar-refractivity contribution in [3.63, 3.8) is 0 Å². The minimum absolute atomic E-state index is 0.0483. The number of ether oxygens (including phenoxy) is 4. The number of nitrogens with zero attached hydrogens (tertiary/aromatic N) is 1. The van der Waals surface area contributed by atoms with Gasteiger partial charge in [0.1, 0.15) is 12.3 Å². The number of methoxy groups -OCH3 is 1. The number of benzene rings is 1. The highest BCUT2D eigenvalue weighted by molar-refractivity contribution is 7.52. The first kappa shape index (κ1) is 31.1. The van der Waals surface area contributed by atoms with E-state index in [0.717, 1.165) is 0 Å². The first-order valence-electron chi connectivity index (χ1n) is 11.9. The molecule has 1 aliphatic heterocycles. The van der Waals surface area contributed by atoms with Crippen LogP contribution in [0.5, 0.6) is 17.2 Å². The van der Waals surface area contributed by atoms with Crippen LogP contribution in [0.15, 0.2) is 30.5 Å². The fourth-order valence-electron chi connectivity index (χ4n) is 3.50. The molecule has 0 radical (unpaired) electrons. The minimum atomic E-state index is -4.14. The Balaban J connectivity index is 2.18. The number of rotatable bonds is 15. The van der Waals surface area contributed by atoms with Gasteiger partial charge in [0.2, 0.25) is 13.2 Å².